The Hall–Kier alpha value is -2.41. The van der Waals surface area contributed by atoms with Crippen LogP contribution in [0.25, 0.3) is 0 Å². The van der Waals surface area contributed by atoms with Crippen LogP contribution >= 0.6 is 0 Å². The summed E-state index contributed by atoms with van der Waals surface area (Å²) in [6.07, 6.45) is 0. The number of amides is 1. The number of carbonyl (C=O) groups excluding carboxylic acids is 1. The molecule has 2 saturated heterocycles. The van der Waals surface area contributed by atoms with Gasteiger partial charge < -0.3 is 15.0 Å². The molecule has 160 valence electrons. The minimum atomic E-state index is -0.136. The quantitative estimate of drug-likeness (QED) is 0.796. The van der Waals surface area contributed by atoms with Gasteiger partial charge in [0.2, 0.25) is 5.91 Å². The van der Waals surface area contributed by atoms with E-state index in [4.69, 9.17) is 4.74 Å². The molecule has 2 aromatic rings. The van der Waals surface area contributed by atoms with Gasteiger partial charge in [0.1, 0.15) is 0 Å². The number of morpholine rings is 1. The van der Waals surface area contributed by atoms with E-state index >= 15 is 0 Å². The van der Waals surface area contributed by atoms with E-state index in [-0.39, 0.29) is 11.9 Å². The number of benzene rings is 2. The van der Waals surface area contributed by atoms with Gasteiger partial charge in [-0.1, -0.05) is 30.3 Å². The molecule has 1 N–H and O–H groups in total. The van der Waals surface area contributed by atoms with Crippen LogP contribution in [0.1, 0.15) is 12.5 Å². The van der Waals surface area contributed by atoms with E-state index in [9.17, 15) is 4.79 Å². The highest BCUT2D eigenvalue weighted by Crippen LogP contribution is 2.20. The first-order valence-electron chi connectivity index (χ1n) is 10.9. The Kier molecular flexibility index (Phi) is 7.00. The van der Waals surface area contributed by atoms with Crippen molar-refractivity contribution in [2.24, 2.45) is 0 Å². The van der Waals surface area contributed by atoms with Gasteiger partial charge >= 0.3 is 0 Å². The molecule has 0 unspecified atom stereocenters. The minimum Gasteiger partial charge on any atom is -0.378 e. The van der Waals surface area contributed by atoms with Crippen LogP contribution in [0.4, 0.5) is 11.4 Å². The number of carbonyl (C=O) groups is 1. The molecule has 2 fully saturated rings. The summed E-state index contributed by atoms with van der Waals surface area (Å²) in [5.74, 6) is 0.0608. The second-order valence-electron chi connectivity index (χ2n) is 8.11. The van der Waals surface area contributed by atoms with Crippen LogP contribution in [0.3, 0.4) is 0 Å². The van der Waals surface area contributed by atoms with E-state index < -0.39 is 0 Å². The van der Waals surface area contributed by atoms with Gasteiger partial charge in [0.05, 0.1) is 19.3 Å². The zero-order valence-electron chi connectivity index (χ0n) is 17.8. The van der Waals surface area contributed by atoms with Crippen molar-refractivity contribution in [3.8, 4) is 0 Å². The predicted molar refractivity (Wildman–Crippen MR) is 121 cm³/mol. The third-order valence-electron chi connectivity index (χ3n) is 6.09. The molecule has 1 atom stereocenters. The second-order valence-corrected chi connectivity index (χ2v) is 8.11. The lowest BCUT2D eigenvalue weighted by molar-refractivity contribution is -0.121. The molecular formula is C24H32N4O2. The molecule has 0 aliphatic carbocycles. The number of anilines is 2. The third-order valence-corrected chi connectivity index (χ3v) is 6.09. The Morgan fingerprint density at radius 2 is 1.60 bits per heavy atom. The van der Waals surface area contributed by atoms with Crippen molar-refractivity contribution in [1.82, 2.24) is 9.80 Å². The summed E-state index contributed by atoms with van der Waals surface area (Å²) in [7, 11) is 0. The molecule has 2 aliphatic rings. The van der Waals surface area contributed by atoms with Crippen LogP contribution in [0.15, 0.2) is 54.6 Å². The molecular weight excluding hydrogens is 376 g/mol. The predicted octanol–water partition coefficient (Wildman–Crippen LogP) is 2.67. The standard InChI is InChI=1S/C24H32N4O2/c1-20(27-13-11-26(12-14-27)19-21-5-3-2-4-6-21)24(29)25-22-7-9-23(10-8-22)28-15-17-30-18-16-28/h2-10,20H,11-19H2,1H3,(H,25,29)/t20-/m1/s1. The molecule has 4 rings (SSSR count). The average molecular weight is 409 g/mol. The molecule has 30 heavy (non-hydrogen) atoms. The lowest BCUT2D eigenvalue weighted by Crippen LogP contribution is -2.52. The van der Waals surface area contributed by atoms with Gasteiger partial charge in [0.15, 0.2) is 0 Å². The van der Waals surface area contributed by atoms with E-state index in [2.05, 4.69) is 62.5 Å². The number of hydrogen-bond acceptors (Lipinski definition) is 5. The van der Waals surface area contributed by atoms with Gasteiger partial charge in [-0.3, -0.25) is 14.6 Å². The van der Waals surface area contributed by atoms with Gasteiger partial charge in [-0.2, -0.15) is 0 Å². The summed E-state index contributed by atoms with van der Waals surface area (Å²) in [4.78, 5) is 19.8. The van der Waals surface area contributed by atoms with E-state index in [0.717, 1.165) is 64.7 Å². The van der Waals surface area contributed by atoms with Gasteiger partial charge in [-0.25, -0.2) is 0 Å². The van der Waals surface area contributed by atoms with Crippen LogP contribution in [-0.2, 0) is 16.1 Å². The highest BCUT2D eigenvalue weighted by atomic mass is 16.5. The number of rotatable bonds is 6. The number of nitrogens with zero attached hydrogens (tertiary/aromatic N) is 3. The van der Waals surface area contributed by atoms with Crippen molar-refractivity contribution in [3.63, 3.8) is 0 Å². The Balaban J connectivity index is 1.25. The van der Waals surface area contributed by atoms with Crippen molar-refractivity contribution < 1.29 is 9.53 Å². The van der Waals surface area contributed by atoms with Crippen LogP contribution in [0, 0.1) is 0 Å². The van der Waals surface area contributed by atoms with E-state index in [0.29, 0.717) is 0 Å². The average Bonchev–Trinajstić information content (AvgIpc) is 2.81. The SMILES string of the molecule is C[C@H](C(=O)Nc1ccc(N2CCOCC2)cc1)N1CCN(Cc2ccccc2)CC1. The fourth-order valence-electron chi connectivity index (χ4n) is 4.14. The van der Waals surface area contributed by atoms with Crippen molar-refractivity contribution in [3.05, 3.63) is 60.2 Å². The number of piperazine rings is 1. The largest absolute Gasteiger partial charge is 0.378 e. The third kappa shape index (κ3) is 5.39. The number of ether oxygens (including phenoxy) is 1. The van der Waals surface area contributed by atoms with Gasteiger partial charge in [-0.15, -0.1) is 0 Å². The van der Waals surface area contributed by atoms with Crippen molar-refractivity contribution in [1.29, 1.82) is 0 Å². The summed E-state index contributed by atoms with van der Waals surface area (Å²) in [5.41, 5.74) is 3.38. The first-order valence-corrected chi connectivity index (χ1v) is 10.9. The maximum absolute atomic E-state index is 12.8. The monoisotopic (exact) mass is 408 g/mol. The fraction of sp³-hybridized carbons (Fsp3) is 0.458. The first kappa shape index (κ1) is 20.8. The maximum Gasteiger partial charge on any atom is 0.241 e. The first-order chi connectivity index (χ1) is 14.7. The van der Waals surface area contributed by atoms with Gasteiger partial charge in [-0.05, 0) is 36.8 Å². The summed E-state index contributed by atoms with van der Waals surface area (Å²) < 4.78 is 5.41. The zero-order valence-corrected chi connectivity index (χ0v) is 17.8. The Morgan fingerprint density at radius 1 is 0.933 bits per heavy atom. The molecule has 6 nitrogen and oxygen atoms in total. The Labute approximate surface area is 179 Å². The summed E-state index contributed by atoms with van der Waals surface area (Å²) in [6.45, 7) is 10.2. The Morgan fingerprint density at radius 3 is 2.27 bits per heavy atom. The highest BCUT2D eigenvalue weighted by molar-refractivity contribution is 5.94. The smallest absolute Gasteiger partial charge is 0.241 e. The highest BCUT2D eigenvalue weighted by Gasteiger charge is 2.25. The molecule has 0 spiro atoms. The van der Waals surface area contributed by atoms with Crippen LogP contribution in [0.5, 0.6) is 0 Å². The van der Waals surface area contributed by atoms with E-state index in [1.165, 1.54) is 11.3 Å². The molecule has 1 amide bonds. The number of hydrogen-bond donors (Lipinski definition) is 1. The van der Waals surface area contributed by atoms with Crippen molar-refractivity contribution >= 4 is 17.3 Å². The van der Waals surface area contributed by atoms with Crippen LogP contribution in [-0.4, -0.2) is 74.2 Å². The Bertz CT molecular complexity index is 798. The molecule has 6 heteroatoms. The van der Waals surface area contributed by atoms with Gasteiger partial charge in [0.25, 0.3) is 0 Å². The maximum atomic E-state index is 12.8. The lowest BCUT2D eigenvalue weighted by Gasteiger charge is -2.37. The van der Waals surface area contributed by atoms with Crippen molar-refractivity contribution in [2.75, 3.05) is 62.7 Å². The van der Waals surface area contributed by atoms with E-state index in [1.54, 1.807) is 0 Å². The second kappa shape index (κ2) is 10.1. The van der Waals surface area contributed by atoms with Crippen LogP contribution < -0.4 is 10.2 Å². The topological polar surface area (TPSA) is 48.1 Å². The molecule has 2 aromatic carbocycles. The number of nitrogens with one attached hydrogen (secondary N) is 1. The lowest BCUT2D eigenvalue weighted by atomic mass is 10.1. The van der Waals surface area contributed by atoms with Crippen molar-refractivity contribution in [2.45, 2.75) is 19.5 Å². The molecule has 0 radical (unpaired) electrons. The zero-order chi connectivity index (χ0) is 20.8. The van der Waals surface area contributed by atoms with Crippen LogP contribution in [0.2, 0.25) is 0 Å². The molecule has 2 heterocycles. The molecule has 0 saturated carbocycles. The summed E-state index contributed by atoms with van der Waals surface area (Å²) in [5, 5.41) is 3.08. The fourth-order valence-corrected chi connectivity index (χ4v) is 4.14. The molecule has 0 aromatic heterocycles. The molecule has 2 aliphatic heterocycles. The van der Waals surface area contributed by atoms with E-state index in [1.807, 2.05) is 19.1 Å². The minimum absolute atomic E-state index is 0.0608. The summed E-state index contributed by atoms with van der Waals surface area (Å²) in [6, 6.07) is 18.6. The van der Waals surface area contributed by atoms with Gasteiger partial charge in [0, 0.05) is 57.2 Å². The summed E-state index contributed by atoms with van der Waals surface area (Å²) >= 11 is 0. The normalized spacial score (nSPS) is 19.4. The molecule has 0 bridgehead atoms.